The number of methoxy groups -OCH3 is 2. The predicted molar refractivity (Wildman–Crippen MR) is 188 cm³/mol. The highest BCUT2D eigenvalue weighted by Gasteiger charge is 2.53. The van der Waals surface area contributed by atoms with E-state index in [-0.39, 0.29) is 25.0 Å². The normalized spacial score (nSPS) is 18.7. The Balaban J connectivity index is 1.94. The molecule has 3 rings (SSSR count). The van der Waals surface area contributed by atoms with E-state index in [0.717, 1.165) is 40.8 Å². The number of carbonyl (C=O) groups excluding carboxylic acids is 3. The summed E-state index contributed by atoms with van der Waals surface area (Å²) in [5.74, 6) is -0.978. The molecule has 0 spiro atoms. The summed E-state index contributed by atoms with van der Waals surface area (Å²) in [5, 5.41) is 2.80. The molecule has 9 heteroatoms. The van der Waals surface area contributed by atoms with Crippen molar-refractivity contribution in [2.75, 3.05) is 46.4 Å². The molecular weight excluding hydrogens is 594 g/mol. The molecule has 1 aliphatic rings. The first kappa shape index (κ1) is 37.3. The number of esters is 1. The Bertz CT molecular complexity index is 1440. The van der Waals surface area contributed by atoms with E-state index in [1.807, 2.05) is 77.9 Å². The Hall–Kier alpha value is -4.11. The van der Waals surface area contributed by atoms with Gasteiger partial charge in [0.25, 0.3) is 0 Å². The Labute approximate surface area is 280 Å². The summed E-state index contributed by atoms with van der Waals surface area (Å²) in [5.41, 5.74) is 2.85. The summed E-state index contributed by atoms with van der Waals surface area (Å²) in [4.78, 5) is 44.1. The Morgan fingerprint density at radius 1 is 1.06 bits per heavy atom. The number of ether oxygens (including phenoxy) is 3. The van der Waals surface area contributed by atoms with Crippen LogP contribution in [0.25, 0.3) is 17.2 Å². The van der Waals surface area contributed by atoms with Crippen molar-refractivity contribution in [2.24, 2.45) is 10.8 Å². The first-order chi connectivity index (χ1) is 22.0. The molecule has 0 saturated carbocycles. The topological polar surface area (TPSA) is 97.4 Å². The number of benzene rings is 2. The number of nitrogens with zero attached hydrogens (tertiary/aromatic N) is 2. The second-order valence-electron chi connectivity index (χ2n) is 14.4. The lowest BCUT2D eigenvalue weighted by atomic mass is 9.85. The number of rotatable bonds is 13. The third kappa shape index (κ3) is 8.83. The van der Waals surface area contributed by atoms with Gasteiger partial charge < -0.3 is 29.3 Å². The number of nitrogens with one attached hydrogen (secondary N) is 1. The summed E-state index contributed by atoms with van der Waals surface area (Å²) >= 11 is 0. The van der Waals surface area contributed by atoms with E-state index in [1.54, 1.807) is 13.2 Å². The summed E-state index contributed by atoms with van der Waals surface area (Å²) in [7, 11) is 6.88. The van der Waals surface area contributed by atoms with Crippen molar-refractivity contribution < 1.29 is 28.6 Å². The SMILES string of the molecule is C=CCCC(C)(C)COC(=O)N[C@H](C(=O)N1CC(OC)(c2ccc(-c3ccc(N(C)C)cc3)c(C=C)c2)CC1C(=O)OC)C(C)(C)C. The van der Waals surface area contributed by atoms with Crippen LogP contribution >= 0.6 is 0 Å². The van der Waals surface area contributed by atoms with Gasteiger partial charge in [0, 0.05) is 33.3 Å². The molecule has 2 amide bonds. The zero-order valence-electron chi connectivity index (χ0n) is 29.6. The zero-order chi connectivity index (χ0) is 35.2. The largest absolute Gasteiger partial charge is 0.467 e. The molecule has 0 bridgehead atoms. The lowest BCUT2D eigenvalue weighted by Gasteiger charge is -2.35. The number of likely N-dealkylation sites (tertiary alicyclic amines) is 1. The Morgan fingerprint density at radius 2 is 1.72 bits per heavy atom. The number of allylic oxidation sites excluding steroid dienone is 1. The van der Waals surface area contributed by atoms with Crippen molar-refractivity contribution in [1.82, 2.24) is 10.2 Å². The highest BCUT2D eigenvalue weighted by atomic mass is 16.5. The molecule has 47 heavy (non-hydrogen) atoms. The molecule has 2 unspecified atom stereocenters. The van der Waals surface area contributed by atoms with E-state index in [2.05, 4.69) is 42.7 Å². The molecule has 0 radical (unpaired) electrons. The van der Waals surface area contributed by atoms with E-state index in [1.165, 1.54) is 12.0 Å². The summed E-state index contributed by atoms with van der Waals surface area (Å²) in [6, 6.07) is 12.3. The van der Waals surface area contributed by atoms with Gasteiger partial charge in [-0.25, -0.2) is 9.59 Å². The second kappa shape index (κ2) is 15.2. The molecule has 1 aliphatic heterocycles. The van der Waals surface area contributed by atoms with E-state index in [9.17, 15) is 14.4 Å². The molecule has 1 heterocycles. The van der Waals surface area contributed by atoms with Gasteiger partial charge in [-0.15, -0.1) is 6.58 Å². The monoisotopic (exact) mass is 647 g/mol. The number of hydrogen-bond acceptors (Lipinski definition) is 7. The molecule has 2 aromatic rings. The number of anilines is 1. The molecule has 1 saturated heterocycles. The fraction of sp³-hybridized carbons (Fsp3) is 0.500. The summed E-state index contributed by atoms with van der Waals surface area (Å²) in [6.45, 7) is 17.7. The molecule has 256 valence electrons. The van der Waals surface area contributed by atoms with Gasteiger partial charge in [0.15, 0.2) is 0 Å². The molecule has 1 fully saturated rings. The molecule has 1 N–H and O–H groups in total. The molecular formula is C38H53N3O6. The average Bonchev–Trinajstić information content (AvgIpc) is 3.45. The minimum Gasteiger partial charge on any atom is -0.467 e. The Morgan fingerprint density at radius 3 is 2.26 bits per heavy atom. The smallest absolute Gasteiger partial charge is 0.407 e. The van der Waals surface area contributed by atoms with Crippen LogP contribution in [0, 0.1) is 10.8 Å². The van der Waals surface area contributed by atoms with Crippen LogP contribution in [-0.4, -0.2) is 76.4 Å². The van der Waals surface area contributed by atoms with E-state index >= 15 is 0 Å². The van der Waals surface area contributed by atoms with E-state index < -0.39 is 41.1 Å². The van der Waals surface area contributed by atoms with Crippen LogP contribution in [0.4, 0.5) is 10.5 Å². The van der Waals surface area contributed by atoms with Gasteiger partial charge in [-0.1, -0.05) is 77.6 Å². The van der Waals surface area contributed by atoms with Gasteiger partial charge in [0.2, 0.25) is 5.91 Å². The highest BCUT2D eigenvalue weighted by molar-refractivity contribution is 5.91. The summed E-state index contributed by atoms with van der Waals surface area (Å²) in [6.07, 6.45) is 4.71. The zero-order valence-corrected chi connectivity index (χ0v) is 29.6. The lowest BCUT2D eigenvalue weighted by molar-refractivity contribution is -0.152. The lowest BCUT2D eigenvalue weighted by Crippen LogP contribution is -2.57. The second-order valence-corrected chi connectivity index (χ2v) is 14.4. The van der Waals surface area contributed by atoms with Crippen molar-refractivity contribution in [3.8, 4) is 11.1 Å². The van der Waals surface area contributed by atoms with E-state index in [4.69, 9.17) is 14.2 Å². The van der Waals surface area contributed by atoms with Crippen LogP contribution < -0.4 is 10.2 Å². The molecule has 2 aromatic carbocycles. The molecule has 0 aromatic heterocycles. The van der Waals surface area contributed by atoms with Crippen molar-refractivity contribution in [3.05, 3.63) is 72.8 Å². The maximum Gasteiger partial charge on any atom is 0.407 e. The first-order valence-electron chi connectivity index (χ1n) is 16.0. The predicted octanol–water partition coefficient (Wildman–Crippen LogP) is 6.81. The highest BCUT2D eigenvalue weighted by Crippen LogP contribution is 2.42. The van der Waals surface area contributed by atoms with Crippen molar-refractivity contribution in [3.63, 3.8) is 0 Å². The maximum absolute atomic E-state index is 14.3. The minimum atomic E-state index is -1.02. The minimum absolute atomic E-state index is 0.0768. The number of alkyl carbamates (subject to hydrolysis) is 1. The fourth-order valence-electron chi connectivity index (χ4n) is 5.94. The Kier molecular flexibility index (Phi) is 12.1. The van der Waals surface area contributed by atoms with Gasteiger partial charge in [-0.2, -0.15) is 0 Å². The third-order valence-electron chi connectivity index (χ3n) is 8.96. The molecule has 9 nitrogen and oxygen atoms in total. The number of carbonyl (C=O) groups is 3. The average molecular weight is 648 g/mol. The van der Waals surface area contributed by atoms with E-state index in [0.29, 0.717) is 0 Å². The van der Waals surface area contributed by atoms with Crippen LogP contribution in [0.2, 0.25) is 0 Å². The van der Waals surface area contributed by atoms with Crippen LogP contribution in [0.5, 0.6) is 0 Å². The third-order valence-corrected chi connectivity index (χ3v) is 8.96. The van der Waals surface area contributed by atoms with Gasteiger partial charge in [0.05, 0.1) is 20.3 Å². The van der Waals surface area contributed by atoms with Gasteiger partial charge >= 0.3 is 12.1 Å². The van der Waals surface area contributed by atoms with Crippen LogP contribution in [-0.2, 0) is 29.4 Å². The van der Waals surface area contributed by atoms with Gasteiger partial charge in [-0.05, 0) is 64.1 Å². The van der Waals surface area contributed by atoms with Crippen LogP contribution in [0.1, 0.15) is 65.0 Å². The molecule has 3 atom stereocenters. The standard InChI is InChI=1S/C38H53N3O6/c1-12-14-21-37(6,7)25-47-35(44)39-32(36(3,4)5)33(42)41-24-38(46-11,23-31(41)34(43)45-10)28-17-20-30(26(13-2)22-28)27-15-18-29(19-16-27)40(8)9/h12-13,15-20,22,31-32H,1-2,14,21,23-25H2,3-11H3,(H,39,44)/t31?,32-,38?/m1/s1. The van der Waals surface area contributed by atoms with Crippen molar-refractivity contribution in [1.29, 1.82) is 0 Å². The van der Waals surface area contributed by atoms with Crippen molar-refractivity contribution >= 4 is 29.7 Å². The maximum atomic E-state index is 14.3. The van der Waals surface area contributed by atoms with Crippen LogP contribution in [0.3, 0.4) is 0 Å². The van der Waals surface area contributed by atoms with Crippen LogP contribution in [0.15, 0.2) is 61.7 Å². The van der Waals surface area contributed by atoms with Gasteiger partial charge in [-0.3, -0.25) is 4.79 Å². The fourth-order valence-corrected chi connectivity index (χ4v) is 5.94. The molecule has 0 aliphatic carbocycles. The summed E-state index contributed by atoms with van der Waals surface area (Å²) < 4.78 is 16.9. The quantitative estimate of drug-likeness (QED) is 0.188. The van der Waals surface area contributed by atoms with Crippen molar-refractivity contribution in [2.45, 2.75) is 71.6 Å². The van der Waals surface area contributed by atoms with Gasteiger partial charge in [0.1, 0.15) is 17.7 Å². The number of hydrogen-bond donors (Lipinski definition) is 1. The first-order valence-corrected chi connectivity index (χ1v) is 16.0. The number of amides is 2.